The van der Waals surface area contributed by atoms with E-state index < -0.39 is 11.9 Å². The van der Waals surface area contributed by atoms with Crippen molar-refractivity contribution in [1.82, 2.24) is 25.9 Å². The Morgan fingerprint density at radius 1 is 1.44 bits per heavy atom. The Labute approximate surface area is 88.2 Å². The molecule has 0 bridgehead atoms. The maximum absolute atomic E-state index is 11.3. The molecule has 0 spiro atoms. The molecule has 9 nitrogen and oxygen atoms in total. The lowest BCUT2D eigenvalue weighted by Crippen LogP contribution is -2.34. The van der Waals surface area contributed by atoms with Gasteiger partial charge in [0.2, 0.25) is 0 Å². The summed E-state index contributed by atoms with van der Waals surface area (Å²) in [6.45, 7) is 0. The van der Waals surface area contributed by atoms with E-state index in [2.05, 4.69) is 25.9 Å². The van der Waals surface area contributed by atoms with Crippen LogP contribution in [-0.2, 0) is 0 Å². The lowest BCUT2D eigenvalue weighted by Gasteiger charge is -2.00. The molecular weight excluding hydrogens is 216 g/mol. The van der Waals surface area contributed by atoms with Gasteiger partial charge < -0.3 is 4.42 Å². The fraction of sp³-hybridized carbons (Fsp3) is 0. The second-order valence-corrected chi connectivity index (χ2v) is 2.62. The van der Waals surface area contributed by atoms with Crippen molar-refractivity contribution >= 4 is 17.9 Å². The normalized spacial score (nSPS) is 9.75. The van der Waals surface area contributed by atoms with E-state index in [0.717, 1.165) is 0 Å². The zero-order valence-corrected chi connectivity index (χ0v) is 7.80. The molecule has 82 valence electrons. The third-order valence-corrected chi connectivity index (χ3v) is 1.54. The third-order valence-electron chi connectivity index (χ3n) is 1.54. The maximum atomic E-state index is 11.3. The molecule has 2 aromatic heterocycles. The van der Waals surface area contributed by atoms with Crippen molar-refractivity contribution in [2.24, 2.45) is 0 Å². The summed E-state index contributed by atoms with van der Waals surface area (Å²) < 4.78 is 4.79. The summed E-state index contributed by atoms with van der Waals surface area (Å²) >= 11 is 0. The topological polar surface area (TPSA) is 126 Å². The molecule has 0 saturated carbocycles. The number of amides is 3. The fourth-order valence-corrected chi connectivity index (χ4v) is 0.920. The summed E-state index contributed by atoms with van der Waals surface area (Å²) in [6, 6.07) is 2.19. The first-order chi connectivity index (χ1) is 7.75. The number of nitrogens with one attached hydrogen (secondary N) is 3. The van der Waals surface area contributed by atoms with Crippen LogP contribution in [0.2, 0.25) is 0 Å². The number of aromatic nitrogens is 4. The van der Waals surface area contributed by atoms with Gasteiger partial charge in [0.05, 0.1) is 6.26 Å². The van der Waals surface area contributed by atoms with Crippen LogP contribution in [0.15, 0.2) is 22.8 Å². The van der Waals surface area contributed by atoms with Crippen LogP contribution >= 0.6 is 0 Å². The van der Waals surface area contributed by atoms with Crippen LogP contribution in [0, 0.1) is 0 Å². The Morgan fingerprint density at radius 2 is 2.31 bits per heavy atom. The van der Waals surface area contributed by atoms with Gasteiger partial charge in [0.25, 0.3) is 11.9 Å². The predicted molar refractivity (Wildman–Crippen MR) is 49.4 cm³/mol. The number of hydrogen-bond acceptors (Lipinski definition) is 6. The number of furan rings is 1. The number of H-pyrrole nitrogens is 1. The van der Waals surface area contributed by atoms with E-state index in [9.17, 15) is 9.59 Å². The molecule has 0 unspecified atom stereocenters. The van der Waals surface area contributed by atoms with Crippen LogP contribution < -0.4 is 10.6 Å². The molecule has 0 fully saturated rings. The van der Waals surface area contributed by atoms with Gasteiger partial charge in [-0.25, -0.2) is 4.79 Å². The minimum Gasteiger partial charge on any atom is -0.459 e. The number of rotatable bonds is 2. The molecule has 0 aliphatic carbocycles. The SMILES string of the molecule is O=C(NC(=O)c1ccco1)Nc1nn[nH]n1. The highest BCUT2D eigenvalue weighted by molar-refractivity contribution is 6.06. The van der Waals surface area contributed by atoms with Crippen LogP contribution in [-0.4, -0.2) is 32.6 Å². The second kappa shape index (κ2) is 4.21. The van der Waals surface area contributed by atoms with E-state index >= 15 is 0 Å². The molecule has 3 N–H and O–H groups in total. The van der Waals surface area contributed by atoms with Gasteiger partial charge in [-0.3, -0.25) is 15.4 Å². The summed E-state index contributed by atoms with van der Waals surface area (Å²) in [6.07, 6.45) is 1.33. The average molecular weight is 222 g/mol. The highest BCUT2D eigenvalue weighted by atomic mass is 16.3. The number of carbonyl (C=O) groups is 2. The highest BCUT2D eigenvalue weighted by Gasteiger charge is 2.13. The number of urea groups is 1. The minimum atomic E-state index is -0.775. The molecular formula is C7H6N6O3. The van der Waals surface area contributed by atoms with Crippen LogP contribution in [0.4, 0.5) is 10.7 Å². The van der Waals surface area contributed by atoms with E-state index in [1.54, 1.807) is 0 Å². The van der Waals surface area contributed by atoms with Crippen molar-refractivity contribution in [1.29, 1.82) is 0 Å². The Bertz CT molecular complexity index is 476. The number of tetrazole rings is 1. The van der Waals surface area contributed by atoms with Gasteiger partial charge in [0.1, 0.15) is 0 Å². The molecule has 16 heavy (non-hydrogen) atoms. The van der Waals surface area contributed by atoms with Gasteiger partial charge in [0, 0.05) is 0 Å². The number of aromatic amines is 1. The maximum Gasteiger partial charge on any atom is 0.328 e. The van der Waals surface area contributed by atoms with Crippen molar-refractivity contribution in [2.45, 2.75) is 0 Å². The number of nitrogens with zero attached hydrogens (tertiary/aromatic N) is 3. The molecule has 0 aromatic carbocycles. The minimum absolute atomic E-state index is 0.0308. The van der Waals surface area contributed by atoms with Crippen LogP contribution in [0.3, 0.4) is 0 Å². The molecule has 2 rings (SSSR count). The summed E-state index contributed by atoms with van der Waals surface area (Å²) in [5.74, 6) is -0.668. The average Bonchev–Trinajstić information content (AvgIpc) is 2.88. The van der Waals surface area contributed by atoms with Crippen molar-refractivity contribution < 1.29 is 14.0 Å². The standard InChI is InChI=1S/C7H6N6O3/c14-5(4-2-1-3-16-4)8-7(15)9-6-10-12-13-11-6/h1-3H,(H3,8,9,10,11,12,13,14,15). The van der Waals surface area contributed by atoms with E-state index in [4.69, 9.17) is 4.42 Å². The van der Waals surface area contributed by atoms with Crippen molar-refractivity contribution in [3.63, 3.8) is 0 Å². The van der Waals surface area contributed by atoms with Gasteiger partial charge in [-0.15, -0.1) is 5.10 Å². The zero-order chi connectivity index (χ0) is 11.4. The van der Waals surface area contributed by atoms with Crippen LogP contribution in [0.5, 0.6) is 0 Å². The summed E-state index contributed by atoms with van der Waals surface area (Å²) in [4.78, 5) is 22.5. The highest BCUT2D eigenvalue weighted by Crippen LogP contribution is 1.99. The van der Waals surface area contributed by atoms with Gasteiger partial charge >= 0.3 is 6.03 Å². The molecule has 0 atom stereocenters. The number of anilines is 1. The summed E-state index contributed by atoms with van der Waals surface area (Å²) in [5.41, 5.74) is 0. The second-order valence-electron chi connectivity index (χ2n) is 2.62. The van der Waals surface area contributed by atoms with Gasteiger partial charge in [0.15, 0.2) is 5.76 Å². The van der Waals surface area contributed by atoms with Crippen LogP contribution in [0.25, 0.3) is 0 Å². The van der Waals surface area contributed by atoms with Crippen molar-refractivity contribution in [3.05, 3.63) is 24.2 Å². The summed E-state index contributed by atoms with van der Waals surface area (Å²) in [7, 11) is 0. The third kappa shape index (κ3) is 2.20. The summed E-state index contributed by atoms with van der Waals surface area (Å²) in [5, 5.41) is 16.5. The number of imide groups is 1. The lowest BCUT2D eigenvalue weighted by molar-refractivity contribution is 0.0940. The van der Waals surface area contributed by atoms with Gasteiger partial charge in [-0.1, -0.05) is 5.10 Å². The number of carbonyl (C=O) groups excluding carboxylic acids is 2. The predicted octanol–water partition coefficient (Wildman–Crippen LogP) is -0.245. The first-order valence-electron chi connectivity index (χ1n) is 4.15. The quantitative estimate of drug-likeness (QED) is 0.643. The van der Waals surface area contributed by atoms with E-state index in [0.29, 0.717) is 0 Å². The fourth-order valence-electron chi connectivity index (χ4n) is 0.920. The molecule has 2 aromatic rings. The van der Waals surface area contributed by atoms with E-state index in [-0.39, 0.29) is 11.7 Å². The lowest BCUT2D eigenvalue weighted by atomic mass is 10.4. The van der Waals surface area contributed by atoms with E-state index in [1.807, 2.05) is 5.32 Å². The van der Waals surface area contributed by atoms with Gasteiger partial charge in [-0.05, 0) is 17.3 Å². The molecule has 0 aliphatic heterocycles. The Kier molecular flexibility index (Phi) is 2.59. The Morgan fingerprint density at radius 3 is 2.94 bits per heavy atom. The Balaban J connectivity index is 1.91. The molecule has 3 amide bonds. The monoisotopic (exact) mass is 222 g/mol. The smallest absolute Gasteiger partial charge is 0.328 e. The number of hydrogen-bond donors (Lipinski definition) is 3. The van der Waals surface area contributed by atoms with Gasteiger partial charge in [-0.2, -0.15) is 5.21 Å². The first kappa shape index (κ1) is 9.83. The van der Waals surface area contributed by atoms with Crippen LogP contribution in [0.1, 0.15) is 10.6 Å². The molecule has 0 saturated heterocycles. The van der Waals surface area contributed by atoms with E-state index in [1.165, 1.54) is 18.4 Å². The molecule has 9 heteroatoms. The Hall–Kier alpha value is -2.71. The molecule has 0 aliphatic rings. The largest absolute Gasteiger partial charge is 0.459 e. The van der Waals surface area contributed by atoms with Crippen molar-refractivity contribution in [2.75, 3.05) is 5.32 Å². The van der Waals surface area contributed by atoms with Crippen molar-refractivity contribution in [3.8, 4) is 0 Å². The first-order valence-corrected chi connectivity index (χ1v) is 4.15. The molecule has 2 heterocycles. The molecule has 0 radical (unpaired) electrons. The zero-order valence-electron chi connectivity index (χ0n) is 7.80.